The maximum absolute atomic E-state index is 5.65. The summed E-state index contributed by atoms with van der Waals surface area (Å²) in [7, 11) is 0. The number of anilines is 1. The van der Waals surface area contributed by atoms with Crippen LogP contribution in [-0.4, -0.2) is 23.0 Å². The Labute approximate surface area is 137 Å². The second-order valence-electron chi connectivity index (χ2n) is 4.12. The number of aromatic nitrogens is 2. The van der Waals surface area contributed by atoms with Crippen LogP contribution in [0.5, 0.6) is 11.5 Å². The normalized spacial score (nSPS) is 9.43. The van der Waals surface area contributed by atoms with Crippen LogP contribution in [0.3, 0.4) is 0 Å². The van der Waals surface area contributed by atoms with Crippen LogP contribution in [0.2, 0.25) is 0 Å². The topological polar surface area (TPSA) is 62.3 Å². The van der Waals surface area contributed by atoms with Crippen molar-refractivity contribution in [2.75, 3.05) is 18.9 Å². The third-order valence-electron chi connectivity index (χ3n) is 2.61. The summed E-state index contributed by atoms with van der Waals surface area (Å²) in [5.41, 5.74) is 7.40. The third kappa shape index (κ3) is 5.36. The van der Waals surface area contributed by atoms with E-state index in [0.717, 1.165) is 17.1 Å². The number of nitrogens with zero attached hydrogens (tertiary/aromatic N) is 2. The molecule has 0 aliphatic carbocycles. The van der Waals surface area contributed by atoms with Gasteiger partial charge in [-0.1, -0.05) is 6.07 Å². The van der Waals surface area contributed by atoms with Gasteiger partial charge in [0.25, 0.3) is 0 Å². The summed E-state index contributed by atoms with van der Waals surface area (Å²) in [6, 6.07) is 5.91. The van der Waals surface area contributed by atoms with Crippen LogP contribution < -0.4 is 15.2 Å². The van der Waals surface area contributed by atoms with Gasteiger partial charge in [-0.2, -0.15) is 5.10 Å². The Morgan fingerprint density at radius 2 is 1.76 bits per heavy atom. The first-order valence-corrected chi connectivity index (χ1v) is 6.39. The van der Waals surface area contributed by atoms with Crippen LogP contribution >= 0.6 is 24.8 Å². The van der Waals surface area contributed by atoms with Gasteiger partial charge in [0.1, 0.15) is 0 Å². The highest BCUT2D eigenvalue weighted by Crippen LogP contribution is 2.28. The van der Waals surface area contributed by atoms with E-state index in [4.69, 9.17) is 15.2 Å². The number of nitrogen functional groups attached to an aromatic ring is 1. The van der Waals surface area contributed by atoms with Crippen molar-refractivity contribution in [3.8, 4) is 11.5 Å². The second kappa shape index (κ2) is 9.37. The van der Waals surface area contributed by atoms with E-state index in [2.05, 4.69) is 5.10 Å². The van der Waals surface area contributed by atoms with E-state index < -0.39 is 0 Å². The SMILES string of the molecule is CCOc1ccc(Cn2cc(N)cn2)cc1OCC.Cl.Cl. The fraction of sp³-hybridized carbons (Fsp3) is 0.357. The molecule has 0 saturated heterocycles. The summed E-state index contributed by atoms with van der Waals surface area (Å²) < 4.78 is 12.9. The van der Waals surface area contributed by atoms with Crippen molar-refractivity contribution in [3.63, 3.8) is 0 Å². The zero-order valence-corrected chi connectivity index (χ0v) is 13.7. The van der Waals surface area contributed by atoms with Crippen molar-refractivity contribution in [2.24, 2.45) is 0 Å². The van der Waals surface area contributed by atoms with Gasteiger partial charge in [0.2, 0.25) is 0 Å². The Bertz CT molecular complexity index is 547. The zero-order valence-electron chi connectivity index (χ0n) is 12.1. The Morgan fingerprint density at radius 3 is 2.33 bits per heavy atom. The van der Waals surface area contributed by atoms with Crippen molar-refractivity contribution in [1.82, 2.24) is 9.78 Å². The quantitative estimate of drug-likeness (QED) is 0.881. The number of rotatable bonds is 6. The molecule has 2 N–H and O–H groups in total. The Balaban J connectivity index is 0.00000200. The van der Waals surface area contributed by atoms with E-state index in [1.54, 1.807) is 17.1 Å². The van der Waals surface area contributed by atoms with Crippen LogP contribution in [0.4, 0.5) is 5.69 Å². The lowest BCUT2D eigenvalue weighted by Gasteiger charge is -2.12. The molecule has 7 heteroatoms. The fourth-order valence-corrected chi connectivity index (χ4v) is 1.85. The first kappa shape index (κ1) is 19.4. The molecule has 0 aliphatic rings. The largest absolute Gasteiger partial charge is 0.490 e. The van der Waals surface area contributed by atoms with Crippen LogP contribution in [0, 0.1) is 0 Å². The summed E-state index contributed by atoms with van der Waals surface area (Å²) in [6.45, 7) is 5.80. The second-order valence-corrected chi connectivity index (χ2v) is 4.12. The van der Waals surface area contributed by atoms with E-state index in [9.17, 15) is 0 Å². The molecule has 0 amide bonds. The molecule has 0 radical (unpaired) electrons. The van der Waals surface area contributed by atoms with Gasteiger partial charge in [-0.15, -0.1) is 24.8 Å². The molecular formula is C14H21Cl2N3O2. The number of benzene rings is 1. The van der Waals surface area contributed by atoms with E-state index in [0.29, 0.717) is 25.4 Å². The van der Waals surface area contributed by atoms with Crippen molar-refractivity contribution in [3.05, 3.63) is 36.2 Å². The Kier molecular flexibility index (Phi) is 8.66. The first-order valence-electron chi connectivity index (χ1n) is 6.39. The van der Waals surface area contributed by atoms with Crippen molar-refractivity contribution >= 4 is 30.5 Å². The average molecular weight is 334 g/mol. The predicted molar refractivity (Wildman–Crippen MR) is 89.0 cm³/mol. The number of hydrogen-bond acceptors (Lipinski definition) is 4. The van der Waals surface area contributed by atoms with E-state index in [1.165, 1.54) is 0 Å². The number of halogens is 2. The molecular weight excluding hydrogens is 313 g/mol. The molecule has 21 heavy (non-hydrogen) atoms. The predicted octanol–water partition coefficient (Wildman–Crippen LogP) is 3.15. The highest BCUT2D eigenvalue weighted by atomic mass is 35.5. The Morgan fingerprint density at radius 1 is 1.10 bits per heavy atom. The van der Waals surface area contributed by atoms with Crippen molar-refractivity contribution < 1.29 is 9.47 Å². The summed E-state index contributed by atoms with van der Waals surface area (Å²) in [5, 5.41) is 4.17. The van der Waals surface area contributed by atoms with E-state index in [1.807, 2.05) is 32.0 Å². The molecule has 0 bridgehead atoms. The standard InChI is InChI=1S/C14H19N3O2.2ClH/c1-3-18-13-6-5-11(7-14(13)19-4-2)9-17-10-12(15)8-16-17;;/h5-8,10H,3-4,9,15H2,1-2H3;2*1H. The lowest BCUT2D eigenvalue weighted by Crippen LogP contribution is -2.03. The Hall–Kier alpha value is -1.59. The van der Waals surface area contributed by atoms with Gasteiger partial charge in [0.05, 0.1) is 31.6 Å². The van der Waals surface area contributed by atoms with Crippen LogP contribution in [-0.2, 0) is 6.54 Å². The molecule has 1 aromatic heterocycles. The lowest BCUT2D eigenvalue weighted by molar-refractivity contribution is 0.287. The number of hydrogen-bond donors (Lipinski definition) is 1. The summed E-state index contributed by atoms with van der Waals surface area (Å²) in [5.74, 6) is 1.54. The molecule has 2 rings (SSSR count). The van der Waals surface area contributed by atoms with Crippen LogP contribution in [0.15, 0.2) is 30.6 Å². The molecule has 2 aromatic rings. The highest BCUT2D eigenvalue weighted by Gasteiger charge is 2.07. The molecule has 0 saturated carbocycles. The minimum Gasteiger partial charge on any atom is -0.490 e. The molecule has 118 valence electrons. The molecule has 0 spiro atoms. The van der Waals surface area contributed by atoms with Crippen molar-refractivity contribution in [1.29, 1.82) is 0 Å². The number of ether oxygens (including phenoxy) is 2. The minimum absolute atomic E-state index is 0. The summed E-state index contributed by atoms with van der Waals surface area (Å²) >= 11 is 0. The highest BCUT2D eigenvalue weighted by molar-refractivity contribution is 5.85. The van der Waals surface area contributed by atoms with Gasteiger partial charge in [-0.25, -0.2) is 0 Å². The maximum Gasteiger partial charge on any atom is 0.161 e. The van der Waals surface area contributed by atoms with Gasteiger partial charge in [0.15, 0.2) is 11.5 Å². The fourth-order valence-electron chi connectivity index (χ4n) is 1.85. The minimum atomic E-state index is 0. The summed E-state index contributed by atoms with van der Waals surface area (Å²) in [6.07, 6.45) is 3.44. The van der Waals surface area contributed by atoms with Gasteiger partial charge < -0.3 is 15.2 Å². The first-order chi connectivity index (χ1) is 9.22. The molecule has 0 unspecified atom stereocenters. The van der Waals surface area contributed by atoms with Gasteiger partial charge in [-0.05, 0) is 31.5 Å². The third-order valence-corrected chi connectivity index (χ3v) is 2.61. The molecule has 0 fully saturated rings. The van der Waals surface area contributed by atoms with Crippen LogP contribution in [0.25, 0.3) is 0 Å². The molecule has 5 nitrogen and oxygen atoms in total. The maximum atomic E-state index is 5.65. The van der Waals surface area contributed by atoms with Crippen LogP contribution in [0.1, 0.15) is 19.4 Å². The van der Waals surface area contributed by atoms with Gasteiger partial charge >= 0.3 is 0 Å². The lowest BCUT2D eigenvalue weighted by atomic mass is 10.2. The zero-order chi connectivity index (χ0) is 13.7. The molecule has 1 aromatic carbocycles. The molecule has 0 atom stereocenters. The average Bonchev–Trinajstić information content (AvgIpc) is 2.79. The van der Waals surface area contributed by atoms with Gasteiger partial charge in [-0.3, -0.25) is 4.68 Å². The van der Waals surface area contributed by atoms with Crippen molar-refractivity contribution in [2.45, 2.75) is 20.4 Å². The smallest absolute Gasteiger partial charge is 0.161 e. The van der Waals surface area contributed by atoms with E-state index >= 15 is 0 Å². The van der Waals surface area contributed by atoms with E-state index in [-0.39, 0.29) is 24.8 Å². The molecule has 1 heterocycles. The molecule has 0 aliphatic heterocycles. The van der Waals surface area contributed by atoms with Gasteiger partial charge in [0, 0.05) is 6.20 Å². The monoisotopic (exact) mass is 333 g/mol. The number of nitrogens with two attached hydrogens (primary N) is 1. The summed E-state index contributed by atoms with van der Waals surface area (Å²) in [4.78, 5) is 0.